The summed E-state index contributed by atoms with van der Waals surface area (Å²) < 4.78 is 5.52. The Morgan fingerprint density at radius 1 is 1.25 bits per heavy atom. The molecule has 0 aliphatic heterocycles. The lowest BCUT2D eigenvalue weighted by Gasteiger charge is -2.17. The minimum absolute atomic E-state index is 0.429. The number of nitrogens with two attached hydrogens (primary N) is 1. The third kappa shape index (κ3) is 3.95. The van der Waals surface area contributed by atoms with Crippen LogP contribution in [-0.2, 0) is 4.74 Å². The van der Waals surface area contributed by atoms with Crippen molar-refractivity contribution >= 4 is 0 Å². The Morgan fingerprint density at radius 3 is 2.62 bits per heavy atom. The summed E-state index contributed by atoms with van der Waals surface area (Å²) in [4.78, 5) is 0. The zero-order valence-corrected chi connectivity index (χ0v) is 10.4. The lowest BCUT2D eigenvalue weighted by Crippen LogP contribution is -2.15. The summed E-state index contributed by atoms with van der Waals surface area (Å²) in [6.07, 6.45) is 2.10. The van der Waals surface area contributed by atoms with Crippen molar-refractivity contribution in [1.29, 1.82) is 0 Å². The van der Waals surface area contributed by atoms with Crippen LogP contribution >= 0.6 is 0 Å². The van der Waals surface area contributed by atoms with Crippen molar-refractivity contribution in [2.24, 2.45) is 5.73 Å². The molecule has 2 heteroatoms. The van der Waals surface area contributed by atoms with E-state index >= 15 is 0 Å². The zero-order valence-electron chi connectivity index (χ0n) is 10.4. The molecule has 0 amide bonds. The summed E-state index contributed by atoms with van der Waals surface area (Å²) in [6, 6.07) is 8.47. The van der Waals surface area contributed by atoms with Gasteiger partial charge in [0.15, 0.2) is 0 Å². The second-order valence-electron chi connectivity index (χ2n) is 4.19. The third-order valence-corrected chi connectivity index (χ3v) is 2.87. The fraction of sp³-hybridized carbons (Fsp3) is 0.571. The maximum atomic E-state index is 5.83. The fourth-order valence-corrected chi connectivity index (χ4v) is 1.92. The van der Waals surface area contributed by atoms with E-state index in [0.29, 0.717) is 12.5 Å². The van der Waals surface area contributed by atoms with E-state index in [4.69, 9.17) is 10.5 Å². The van der Waals surface area contributed by atoms with Crippen molar-refractivity contribution in [2.75, 3.05) is 19.8 Å². The average molecular weight is 221 g/mol. The molecule has 0 aliphatic carbocycles. The monoisotopic (exact) mass is 221 g/mol. The Labute approximate surface area is 98.8 Å². The molecule has 90 valence electrons. The fourth-order valence-electron chi connectivity index (χ4n) is 1.92. The molecule has 1 rings (SSSR count). The molecule has 0 spiro atoms. The minimum atomic E-state index is 0.429. The molecule has 0 bridgehead atoms. The maximum Gasteiger partial charge on any atom is 0.0472 e. The van der Waals surface area contributed by atoms with Crippen LogP contribution < -0.4 is 5.73 Å². The summed E-state index contributed by atoms with van der Waals surface area (Å²) >= 11 is 0. The van der Waals surface area contributed by atoms with Crippen LogP contribution in [0.1, 0.15) is 36.8 Å². The predicted molar refractivity (Wildman–Crippen MR) is 68.7 cm³/mol. The van der Waals surface area contributed by atoms with E-state index in [-0.39, 0.29) is 0 Å². The lowest BCUT2D eigenvalue weighted by atomic mass is 9.92. The first-order chi connectivity index (χ1) is 7.79. The molecule has 1 atom stereocenters. The van der Waals surface area contributed by atoms with Gasteiger partial charge >= 0.3 is 0 Å². The molecular weight excluding hydrogens is 198 g/mol. The maximum absolute atomic E-state index is 5.83. The van der Waals surface area contributed by atoms with E-state index in [1.165, 1.54) is 11.1 Å². The summed E-state index contributed by atoms with van der Waals surface area (Å²) in [5, 5.41) is 0. The first-order valence-electron chi connectivity index (χ1n) is 6.13. The molecule has 16 heavy (non-hydrogen) atoms. The van der Waals surface area contributed by atoms with Gasteiger partial charge in [0.05, 0.1) is 0 Å². The summed E-state index contributed by atoms with van der Waals surface area (Å²) in [5.74, 6) is 0.429. The SMILES string of the molecule is CCCOCCC(CN)c1ccccc1C. The third-order valence-electron chi connectivity index (χ3n) is 2.87. The van der Waals surface area contributed by atoms with Crippen molar-refractivity contribution in [2.45, 2.75) is 32.6 Å². The normalized spacial score (nSPS) is 12.7. The largest absolute Gasteiger partial charge is 0.381 e. The van der Waals surface area contributed by atoms with Crippen LogP contribution in [0.4, 0.5) is 0 Å². The molecule has 2 N–H and O–H groups in total. The van der Waals surface area contributed by atoms with Gasteiger partial charge in [0, 0.05) is 13.2 Å². The van der Waals surface area contributed by atoms with Gasteiger partial charge in [0.2, 0.25) is 0 Å². The quantitative estimate of drug-likeness (QED) is 0.719. The van der Waals surface area contributed by atoms with Gasteiger partial charge in [-0.25, -0.2) is 0 Å². The van der Waals surface area contributed by atoms with E-state index in [1.807, 2.05) is 0 Å². The molecule has 0 aromatic heterocycles. The Balaban J connectivity index is 2.51. The van der Waals surface area contributed by atoms with E-state index in [1.54, 1.807) is 0 Å². The predicted octanol–water partition coefficient (Wildman–Crippen LogP) is 2.85. The Bertz CT molecular complexity index is 299. The van der Waals surface area contributed by atoms with Gasteiger partial charge in [0.1, 0.15) is 0 Å². The van der Waals surface area contributed by atoms with Crippen LogP contribution in [0.3, 0.4) is 0 Å². The highest BCUT2D eigenvalue weighted by atomic mass is 16.5. The highest BCUT2D eigenvalue weighted by molar-refractivity contribution is 5.29. The summed E-state index contributed by atoms with van der Waals surface area (Å²) in [5.41, 5.74) is 8.53. The van der Waals surface area contributed by atoms with Crippen molar-refractivity contribution in [1.82, 2.24) is 0 Å². The van der Waals surface area contributed by atoms with Crippen LogP contribution in [-0.4, -0.2) is 19.8 Å². The molecular formula is C14H23NO. The van der Waals surface area contributed by atoms with Crippen LogP contribution in [0.15, 0.2) is 24.3 Å². The highest BCUT2D eigenvalue weighted by Gasteiger charge is 2.11. The number of benzene rings is 1. The number of hydrogen-bond donors (Lipinski definition) is 1. The van der Waals surface area contributed by atoms with E-state index in [0.717, 1.165) is 26.1 Å². The smallest absolute Gasteiger partial charge is 0.0472 e. The first-order valence-corrected chi connectivity index (χ1v) is 6.13. The molecule has 0 radical (unpaired) electrons. The van der Waals surface area contributed by atoms with Crippen molar-refractivity contribution in [3.63, 3.8) is 0 Å². The molecule has 0 saturated carbocycles. The lowest BCUT2D eigenvalue weighted by molar-refractivity contribution is 0.128. The molecule has 2 nitrogen and oxygen atoms in total. The molecule has 1 aromatic carbocycles. The second kappa shape index (κ2) is 7.42. The van der Waals surface area contributed by atoms with Crippen LogP contribution in [0.25, 0.3) is 0 Å². The topological polar surface area (TPSA) is 35.2 Å². The zero-order chi connectivity index (χ0) is 11.8. The highest BCUT2D eigenvalue weighted by Crippen LogP contribution is 2.21. The second-order valence-corrected chi connectivity index (χ2v) is 4.19. The van der Waals surface area contributed by atoms with Crippen molar-refractivity contribution < 1.29 is 4.74 Å². The van der Waals surface area contributed by atoms with Gasteiger partial charge in [-0.3, -0.25) is 0 Å². The standard InChI is InChI=1S/C14H23NO/c1-3-9-16-10-8-13(11-15)14-7-5-4-6-12(14)2/h4-7,13H,3,8-11,15H2,1-2H3. The van der Waals surface area contributed by atoms with Gasteiger partial charge < -0.3 is 10.5 Å². The van der Waals surface area contributed by atoms with Crippen LogP contribution in [0.2, 0.25) is 0 Å². The van der Waals surface area contributed by atoms with Crippen molar-refractivity contribution in [3.8, 4) is 0 Å². The first kappa shape index (κ1) is 13.2. The van der Waals surface area contributed by atoms with Crippen LogP contribution in [0, 0.1) is 6.92 Å². The molecule has 1 unspecified atom stereocenters. The Morgan fingerprint density at radius 2 is 2.00 bits per heavy atom. The number of ether oxygens (including phenoxy) is 1. The molecule has 0 saturated heterocycles. The van der Waals surface area contributed by atoms with E-state index in [9.17, 15) is 0 Å². The van der Waals surface area contributed by atoms with E-state index < -0.39 is 0 Å². The van der Waals surface area contributed by atoms with Gasteiger partial charge in [-0.15, -0.1) is 0 Å². The van der Waals surface area contributed by atoms with E-state index in [2.05, 4.69) is 38.1 Å². The van der Waals surface area contributed by atoms with Crippen LogP contribution in [0.5, 0.6) is 0 Å². The van der Waals surface area contributed by atoms with Gasteiger partial charge in [-0.05, 0) is 43.4 Å². The molecule has 0 fully saturated rings. The Hall–Kier alpha value is -0.860. The molecule has 0 heterocycles. The van der Waals surface area contributed by atoms with Gasteiger partial charge in [-0.1, -0.05) is 31.2 Å². The summed E-state index contributed by atoms with van der Waals surface area (Å²) in [7, 11) is 0. The van der Waals surface area contributed by atoms with Gasteiger partial charge in [-0.2, -0.15) is 0 Å². The molecule has 0 aliphatic rings. The van der Waals surface area contributed by atoms with Crippen molar-refractivity contribution in [3.05, 3.63) is 35.4 Å². The Kier molecular flexibility index (Phi) is 6.12. The molecule has 1 aromatic rings. The number of aryl methyl sites for hydroxylation is 1. The average Bonchev–Trinajstić information content (AvgIpc) is 2.31. The summed E-state index contributed by atoms with van der Waals surface area (Å²) in [6.45, 7) is 6.63. The van der Waals surface area contributed by atoms with Gasteiger partial charge in [0.25, 0.3) is 0 Å². The number of rotatable bonds is 7. The minimum Gasteiger partial charge on any atom is -0.381 e. The number of hydrogen-bond acceptors (Lipinski definition) is 2.